The Bertz CT molecular complexity index is 440. The third kappa shape index (κ3) is 5.41. The van der Waals surface area contributed by atoms with Crippen LogP contribution in [-0.4, -0.2) is 52.9 Å². The highest BCUT2D eigenvalue weighted by atomic mass is 16.6. The first kappa shape index (κ1) is 16.9. The highest BCUT2D eigenvalue weighted by Gasteiger charge is 2.34. The normalized spacial score (nSPS) is 20.4. The number of carbonyl (C=O) groups excluding carboxylic acids is 1. The Hall–Kier alpha value is -2.12. The molecule has 0 saturated carbocycles. The van der Waals surface area contributed by atoms with Crippen molar-refractivity contribution < 1.29 is 24.5 Å². The summed E-state index contributed by atoms with van der Waals surface area (Å²) >= 11 is 0. The fraction of sp³-hybridized carbons (Fsp3) is 0.429. The molecule has 1 aromatic rings. The first-order chi connectivity index (χ1) is 10.1. The van der Waals surface area contributed by atoms with E-state index in [1.54, 1.807) is 0 Å². The number of nitrogens with two attached hydrogens (primary N) is 1. The highest BCUT2D eigenvalue weighted by molar-refractivity contribution is 5.68. The van der Waals surface area contributed by atoms with Gasteiger partial charge >= 0.3 is 6.09 Å². The van der Waals surface area contributed by atoms with Crippen LogP contribution in [0.15, 0.2) is 30.3 Å². The zero-order valence-corrected chi connectivity index (χ0v) is 11.6. The van der Waals surface area contributed by atoms with Gasteiger partial charge in [0.1, 0.15) is 6.61 Å². The van der Waals surface area contributed by atoms with Crippen molar-refractivity contribution in [1.82, 2.24) is 4.90 Å². The van der Waals surface area contributed by atoms with Crippen LogP contribution in [0.2, 0.25) is 0 Å². The van der Waals surface area contributed by atoms with Gasteiger partial charge in [-0.25, -0.2) is 4.79 Å². The zero-order chi connectivity index (χ0) is 15.7. The number of β-amino-alcohol motifs (C(OH)–C–C–N with tert-alkyl or cyclic N) is 1. The van der Waals surface area contributed by atoms with Gasteiger partial charge in [-0.15, -0.1) is 0 Å². The van der Waals surface area contributed by atoms with Crippen molar-refractivity contribution in [2.24, 2.45) is 5.73 Å². The molecule has 1 aliphatic heterocycles. The van der Waals surface area contributed by atoms with Gasteiger partial charge in [0.25, 0.3) is 6.47 Å². The SMILES string of the molecule is NCC1CC(O)CN1C(=O)OCc1ccccc1.O=CO. The number of carbonyl (C=O) groups is 2. The Morgan fingerprint density at radius 2 is 2.05 bits per heavy atom. The summed E-state index contributed by atoms with van der Waals surface area (Å²) in [6, 6.07) is 9.37. The summed E-state index contributed by atoms with van der Waals surface area (Å²) in [4.78, 5) is 21.7. The zero-order valence-electron chi connectivity index (χ0n) is 11.6. The van der Waals surface area contributed by atoms with Crippen molar-refractivity contribution in [2.45, 2.75) is 25.2 Å². The maximum Gasteiger partial charge on any atom is 0.410 e. The fourth-order valence-corrected chi connectivity index (χ4v) is 2.14. The summed E-state index contributed by atoms with van der Waals surface area (Å²) in [6.07, 6.45) is -0.384. The number of carboxylic acid groups (broad SMARTS) is 1. The molecule has 0 aliphatic carbocycles. The largest absolute Gasteiger partial charge is 0.483 e. The van der Waals surface area contributed by atoms with E-state index < -0.39 is 12.2 Å². The second kappa shape index (κ2) is 8.93. The molecule has 2 rings (SSSR count). The molecule has 1 aliphatic rings. The maximum atomic E-state index is 11.9. The number of benzene rings is 1. The lowest BCUT2D eigenvalue weighted by Crippen LogP contribution is -2.40. The molecule has 1 fully saturated rings. The molecule has 2 unspecified atom stereocenters. The molecule has 7 nitrogen and oxygen atoms in total. The van der Waals surface area contributed by atoms with Crippen LogP contribution in [0.4, 0.5) is 4.79 Å². The van der Waals surface area contributed by atoms with Crippen LogP contribution >= 0.6 is 0 Å². The lowest BCUT2D eigenvalue weighted by atomic mass is 10.2. The Morgan fingerprint density at radius 3 is 2.62 bits per heavy atom. The minimum absolute atomic E-state index is 0.122. The number of aliphatic hydroxyl groups excluding tert-OH is 1. The van der Waals surface area contributed by atoms with E-state index in [-0.39, 0.29) is 19.1 Å². The second-order valence-corrected chi connectivity index (χ2v) is 4.58. The summed E-state index contributed by atoms with van der Waals surface area (Å²) in [6.45, 7) is 0.635. The third-order valence-corrected chi connectivity index (χ3v) is 3.10. The van der Waals surface area contributed by atoms with Crippen LogP contribution in [0.5, 0.6) is 0 Å². The number of amides is 1. The third-order valence-electron chi connectivity index (χ3n) is 3.10. The van der Waals surface area contributed by atoms with Crippen molar-refractivity contribution >= 4 is 12.6 Å². The standard InChI is InChI=1S/C13H18N2O3.CH2O2/c14-7-11-6-12(16)8-15(11)13(17)18-9-10-4-2-1-3-5-10;2-1-3/h1-5,11-12,16H,6-9,14H2;1H,(H,2,3). The number of rotatable bonds is 3. The maximum absolute atomic E-state index is 11.9. The van der Waals surface area contributed by atoms with E-state index >= 15 is 0 Å². The van der Waals surface area contributed by atoms with Crippen LogP contribution in [-0.2, 0) is 16.1 Å². The van der Waals surface area contributed by atoms with E-state index in [2.05, 4.69) is 0 Å². The van der Waals surface area contributed by atoms with Crippen LogP contribution in [0.1, 0.15) is 12.0 Å². The van der Waals surface area contributed by atoms with Crippen molar-refractivity contribution in [1.29, 1.82) is 0 Å². The second-order valence-electron chi connectivity index (χ2n) is 4.58. The number of aliphatic hydroxyl groups is 1. The van der Waals surface area contributed by atoms with Gasteiger partial charge in [0.15, 0.2) is 0 Å². The lowest BCUT2D eigenvalue weighted by Gasteiger charge is -2.22. The number of likely N-dealkylation sites (tertiary alicyclic amines) is 1. The van der Waals surface area contributed by atoms with Crippen LogP contribution in [0.3, 0.4) is 0 Å². The van der Waals surface area contributed by atoms with Gasteiger partial charge in [-0.2, -0.15) is 0 Å². The molecule has 0 spiro atoms. The van der Waals surface area contributed by atoms with Crippen LogP contribution in [0.25, 0.3) is 0 Å². The number of hydrogen-bond donors (Lipinski definition) is 3. The Labute approximate surface area is 122 Å². The van der Waals surface area contributed by atoms with E-state index in [4.69, 9.17) is 20.4 Å². The summed E-state index contributed by atoms with van der Waals surface area (Å²) in [5, 5.41) is 16.4. The molecule has 116 valence electrons. The summed E-state index contributed by atoms with van der Waals surface area (Å²) in [7, 11) is 0. The monoisotopic (exact) mass is 296 g/mol. The van der Waals surface area contributed by atoms with Gasteiger partial charge in [-0.05, 0) is 12.0 Å². The molecule has 0 aromatic heterocycles. The molecule has 1 heterocycles. The van der Waals surface area contributed by atoms with E-state index in [9.17, 15) is 9.90 Å². The number of ether oxygens (including phenoxy) is 1. The van der Waals surface area contributed by atoms with Crippen LogP contribution in [0, 0.1) is 0 Å². The van der Waals surface area contributed by atoms with E-state index in [0.29, 0.717) is 19.5 Å². The van der Waals surface area contributed by atoms with Gasteiger partial charge < -0.3 is 25.6 Å². The average Bonchev–Trinajstić information content (AvgIpc) is 2.88. The summed E-state index contributed by atoms with van der Waals surface area (Å²) in [5.41, 5.74) is 6.51. The molecule has 7 heteroatoms. The van der Waals surface area contributed by atoms with Gasteiger partial charge in [0.05, 0.1) is 12.6 Å². The van der Waals surface area contributed by atoms with E-state index in [1.165, 1.54) is 4.90 Å². The lowest BCUT2D eigenvalue weighted by molar-refractivity contribution is -0.122. The number of hydrogen-bond acceptors (Lipinski definition) is 5. The number of nitrogens with zero attached hydrogens (tertiary/aromatic N) is 1. The average molecular weight is 296 g/mol. The molecular formula is C14H20N2O5. The minimum Gasteiger partial charge on any atom is -0.483 e. The minimum atomic E-state index is -0.497. The Balaban J connectivity index is 0.000000677. The Morgan fingerprint density at radius 1 is 1.43 bits per heavy atom. The molecule has 2 atom stereocenters. The fourth-order valence-electron chi connectivity index (χ4n) is 2.14. The van der Waals surface area contributed by atoms with E-state index in [1.807, 2.05) is 30.3 Å². The van der Waals surface area contributed by atoms with Crippen molar-refractivity contribution in [2.75, 3.05) is 13.1 Å². The van der Waals surface area contributed by atoms with E-state index in [0.717, 1.165) is 5.56 Å². The first-order valence-corrected chi connectivity index (χ1v) is 6.55. The predicted molar refractivity (Wildman–Crippen MR) is 75.5 cm³/mol. The molecule has 1 amide bonds. The molecule has 4 N–H and O–H groups in total. The molecule has 1 saturated heterocycles. The van der Waals surface area contributed by atoms with Gasteiger partial charge in [0, 0.05) is 12.6 Å². The molecule has 0 radical (unpaired) electrons. The first-order valence-electron chi connectivity index (χ1n) is 6.55. The van der Waals surface area contributed by atoms with Gasteiger partial charge in [-0.1, -0.05) is 30.3 Å². The van der Waals surface area contributed by atoms with Crippen molar-refractivity contribution in [3.63, 3.8) is 0 Å². The molecule has 21 heavy (non-hydrogen) atoms. The van der Waals surface area contributed by atoms with Crippen molar-refractivity contribution in [3.05, 3.63) is 35.9 Å². The Kier molecular flexibility index (Phi) is 7.20. The van der Waals surface area contributed by atoms with Gasteiger partial charge in [-0.3, -0.25) is 4.79 Å². The molecular weight excluding hydrogens is 276 g/mol. The van der Waals surface area contributed by atoms with Crippen molar-refractivity contribution in [3.8, 4) is 0 Å². The summed E-state index contributed by atoms with van der Waals surface area (Å²) in [5.74, 6) is 0. The smallest absolute Gasteiger partial charge is 0.410 e. The summed E-state index contributed by atoms with van der Waals surface area (Å²) < 4.78 is 5.21. The van der Waals surface area contributed by atoms with Crippen LogP contribution < -0.4 is 5.73 Å². The van der Waals surface area contributed by atoms with Gasteiger partial charge in [0.2, 0.25) is 0 Å². The highest BCUT2D eigenvalue weighted by Crippen LogP contribution is 2.18. The molecule has 1 aromatic carbocycles. The quantitative estimate of drug-likeness (QED) is 0.697. The molecule has 0 bridgehead atoms. The topological polar surface area (TPSA) is 113 Å². The predicted octanol–water partition coefficient (Wildman–Crippen LogP) is 0.418.